The molecule has 15 rings (SSSR count). The molecule has 3 aliphatic carbocycles. The molecule has 574 valence electrons. The molecule has 0 saturated heterocycles. The zero-order chi connectivity index (χ0) is 78.3. The minimum Gasteiger partial charge on any atom is -0.495 e. The van der Waals surface area contributed by atoms with Crippen LogP contribution in [-0.2, 0) is 19.3 Å². The normalized spacial score (nSPS) is 20.6. The SMILES string of the molecule is COc1cc(C(=O)N2CCC3(CCCC3N)Cc3ccccc32)ccc1NC(=O)c1cc(F)ccc1Cl.COc1cc(C(=O)N2CCC3(CCCC3NO)Cc3ccccc32)ccc1NC(=O)c1cc(F)ccc1Cl.O=C(Nc1ccc(C(=O)N2CC[C@@]3(CCCC3=NO)Cc3ccccc32)cc1)c1cc(F)ccc1Cl. The third kappa shape index (κ3) is 16.7. The lowest BCUT2D eigenvalue weighted by atomic mass is 9.75. The van der Waals surface area contributed by atoms with Gasteiger partial charge >= 0.3 is 0 Å². The van der Waals surface area contributed by atoms with E-state index in [1.54, 1.807) is 70.5 Å². The fraction of sp³-hybridized carbons (Fsp3) is 0.291. The van der Waals surface area contributed by atoms with Crippen molar-refractivity contribution in [3.63, 3.8) is 0 Å². The Bertz CT molecular complexity index is 5090. The van der Waals surface area contributed by atoms with Crippen molar-refractivity contribution in [2.75, 3.05) is 64.5 Å². The zero-order valence-corrected chi connectivity index (χ0v) is 63.3. The first-order chi connectivity index (χ1) is 53.6. The van der Waals surface area contributed by atoms with Crippen LogP contribution >= 0.6 is 34.8 Å². The number of nitrogens with zero attached hydrogens (tertiary/aromatic N) is 4. The van der Waals surface area contributed by atoms with E-state index in [4.69, 9.17) is 50.0 Å². The van der Waals surface area contributed by atoms with Crippen LogP contribution in [0.2, 0.25) is 15.1 Å². The van der Waals surface area contributed by atoms with Gasteiger partial charge in [0.1, 0.15) is 29.0 Å². The maximum Gasteiger partial charge on any atom is 0.258 e. The van der Waals surface area contributed by atoms with Crippen molar-refractivity contribution in [1.29, 1.82) is 0 Å². The molecule has 3 heterocycles. The van der Waals surface area contributed by atoms with E-state index >= 15 is 0 Å². The summed E-state index contributed by atoms with van der Waals surface area (Å²) in [4.78, 5) is 84.7. The maximum atomic E-state index is 13.8. The standard InChI is InChI=1S/C29H29ClFN3O4.C29H29ClFN3O3.C28H25ClFN3O3/c1-38-25-15-18(8-11-23(25)32-27(35)21-16-20(31)9-10-22(21)30)28(36)34-14-13-29(12-4-7-26(29)33-37)17-19-5-2-3-6-24(19)34;1-37-25-15-18(8-11-23(25)33-27(35)21-16-20(31)9-10-22(21)30)28(36)34-14-13-29(12-4-7-26(29)32)17-19-5-2-3-6-24(19)34;29-23-12-9-20(30)16-22(23)26(34)31-21-10-7-18(8-11-21)27(35)33-15-14-28(13-3-6-25(28)32-36)17-19-4-1-2-5-24(19)33/h2-3,5-6,8-11,15-16,26,33,37H,4,7,12-14,17H2,1H3,(H,32,35);2-3,5-6,8-11,15-16,26H,4,7,12-14,17,32H2,1H3,(H,33,35);1-2,4-5,7-12,16,36H,3,6,13-15,17H2,(H,31,34)/t;;28-/m..0/s1. The fourth-order valence-corrected chi connectivity index (χ4v) is 17.5. The molecule has 3 saturated carbocycles. The van der Waals surface area contributed by atoms with Crippen LogP contribution in [0.3, 0.4) is 0 Å². The number of nitrogens with two attached hydrogens (primary N) is 1. The molecule has 3 spiro atoms. The molecule has 9 aromatic carbocycles. The van der Waals surface area contributed by atoms with Gasteiger partial charge in [-0.05, 0) is 244 Å². The summed E-state index contributed by atoms with van der Waals surface area (Å²) in [5.41, 5.74) is 17.9. The zero-order valence-electron chi connectivity index (χ0n) is 61.1. The Labute approximate surface area is 655 Å². The average molecular weight is 1570 g/mol. The van der Waals surface area contributed by atoms with E-state index in [0.29, 0.717) is 59.1 Å². The summed E-state index contributed by atoms with van der Waals surface area (Å²) in [6.07, 6.45) is 13.5. The number of nitrogens with one attached hydrogen (secondary N) is 4. The second kappa shape index (κ2) is 33.9. The van der Waals surface area contributed by atoms with Gasteiger partial charge in [-0.1, -0.05) is 107 Å². The molecule has 3 fully saturated rings. The highest BCUT2D eigenvalue weighted by molar-refractivity contribution is 6.35. The van der Waals surface area contributed by atoms with Crippen molar-refractivity contribution < 1.29 is 61.8 Å². The van der Waals surface area contributed by atoms with Crippen molar-refractivity contribution in [3.8, 4) is 11.5 Å². The number of methoxy groups -OCH3 is 2. The molecule has 8 N–H and O–H groups in total. The maximum absolute atomic E-state index is 13.8. The highest BCUT2D eigenvalue weighted by Gasteiger charge is 2.47. The Morgan fingerprint density at radius 3 is 1.35 bits per heavy atom. The molecule has 3 aliphatic heterocycles. The van der Waals surface area contributed by atoms with Crippen LogP contribution in [0.4, 0.5) is 47.3 Å². The van der Waals surface area contributed by atoms with E-state index in [-0.39, 0.29) is 83.6 Å². The highest BCUT2D eigenvalue weighted by Crippen LogP contribution is 2.50. The molecular formula is C86H83Cl3F3N9O10. The van der Waals surface area contributed by atoms with E-state index in [0.717, 1.165) is 154 Å². The third-order valence-electron chi connectivity index (χ3n) is 22.8. The summed E-state index contributed by atoms with van der Waals surface area (Å²) in [7, 11) is 2.91. The topological polar surface area (TPSA) is 258 Å². The quantitative estimate of drug-likeness (QED) is 0.0445. The number of hydroxylamine groups is 1. The number of halogens is 6. The molecule has 9 aromatic rings. The molecule has 6 aliphatic rings. The summed E-state index contributed by atoms with van der Waals surface area (Å²) in [6.45, 7) is 1.58. The van der Waals surface area contributed by atoms with Gasteiger partial charge < -0.3 is 56.3 Å². The van der Waals surface area contributed by atoms with Crippen LogP contribution in [0.25, 0.3) is 0 Å². The molecule has 25 heteroatoms. The first-order valence-electron chi connectivity index (χ1n) is 36.9. The van der Waals surface area contributed by atoms with Crippen molar-refractivity contribution in [1.82, 2.24) is 5.48 Å². The van der Waals surface area contributed by atoms with Crippen LogP contribution in [0.1, 0.15) is 156 Å². The molecule has 0 bridgehead atoms. The molecule has 4 unspecified atom stereocenters. The molecule has 19 nitrogen and oxygen atoms in total. The number of amides is 6. The molecule has 6 amide bonds. The van der Waals surface area contributed by atoms with Gasteiger partial charge in [-0.2, -0.15) is 0 Å². The summed E-state index contributed by atoms with van der Waals surface area (Å²) >= 11 is 18.2. The van der Waals surface area contributed by atoms with Gasteiger partial charge in [-0.15, -0.1) is 0 Å². The number of ether oxygens (including phenoxy) is 2. The van der Waals surface area contributed by atoms with Gasteiger partial charge in [-0.25, -0.2) is 18.7 Å². The fourth-order valence-electron chi connectivity index (χ4n) is 16.9. The molecule has 111 heavy (non-hydrogen) atoms. The van der Waals surface area contributed by atoms with Crippen LogP contribution in [-0.4, -0.2) is 97.5 Å². The van der Waals surface area contributed by atoms with Crippen molar-refractivity contribution in [3.05, 3.63) is 271 Å². The van der Waals surface area contributed by atoms with Crippen LogP contribution < -0.4 is 51.3 Å². The minimum absolute atomic E-state index is 0.00379. The van der Waals surface area contributed by atoms with E-state index in [1.807, 2.05) is 71.6 Å². The van der Waals surface area contributed by atoms with E-state index in [9.17, 15) is 52.4 Å². The minimum atomic E-state index is -0.595. The first-order valence-corrected chi connectivity index (χ1v) is 38.0. The Hall–Kier alpha value is -10.6. The highest BCUT2D eigenvalue weighted by atomic mass is 35.5. The number of hydrogen-bond acceptors (Lipinski definition) is 13. The van der Waals surface area contributed by atoms with Crippen molar-refractivity contribution >= 4 is 110 Å². The Morgan fingerprint density at radius 2 is 0.892 bits per heavy atom. The van der Waals surface area contributed by atoms with Gasteiger partial charge in [0.05, 0.1) is 63.1 Å². The largest absolute Gasteiger partial charge is 0.495 e. The second-order valence-electron chi connectivity index (χ2n) is 29.2. The molecule has 0 radical (unpaired) electrons. The van der Waals surface area contributed by atoms with Gasteiger partial charge in [0, 0.05) is 76.6 Å². The number of rotatable bonds is 12. The molecule has 5 atom stereocenters. The summed E-state index contributed by atoms with van der Waals surface area (Å²) in [5, 5.41) is 31.5. The Balaban J connectivity index is 0.000000146. The van der Waals surface area contributed by atoms with Gasteiger partial charge in [0.15, 0.2) is 0 Å². The number of anilines is 6. The number of benzene rings is 9. The lowest BCUT2D eigenvalue weighted by molar-refractivity contribution is 0.0619. The van der Waals surface area contributed by atoms with Crippen molar-refractivity contribution in [2.45, 2.75) is 108 Å². The lowest BCUT2D eigenvalue weighted by Crippen LogP contribution is -2.42. The second-order valence-corrected chi connectivity index (χ2v) is 30.4. The lowest BCUT2D eigenvalue weighted by Gasteiger charge is -2.34. The number of fused-ring (bicyclic) bond motifs is 3. The predicted octanol–water partition coefficient (Wildman–Crippen LogP) is 18.0. The third-order valence-corrected chi connectivity index (χ3v) is 23.8. The number of carbonyl (C=O) groups is 6. The van der Waals surface area contributed by atoms with Crippen molar-refractivity contribution in [2.24, 2.45) is 27.1 Å². The monoisotopic (exact) mass is 1560 g/mol. The Morgan fingerprint density at radius 1 is 0.477 bits per heavy atom. The smallest absolute Gasteiger partial charge is 0.258 e. The molecule has 0 aromatic heterocycles. The predicted molar refractivity (Wildman–Crippen MR) is 425 cm³/mol. The summed E-state index contributed by atoms with van der Waals surface area (Å²) < 4.78 is 51.8. The summed E-state index contributed by atoms with van der Waals surface area (Å²) in [5.74, 6) is -3.31. The molecular weight excluding hydrogens is 1480 g/mol. The van der Waals surface area contributed by atoms with E-state index < -0.39 is 35.2 Å². The van der Waals surface area contributed by atoms with Crippen LogP contribution in [0.15, 0.2) is 193 Å². The number of carbonyl (C=O) groups excluding carboxylic acids is 6. The number of hydrogen-bond donors (Lipinski definition) is 7. The van der Waals surface area contributed by atoms with Gasteiger partial charge in [0.25, 0.3) is 35.4 Å². The van der Waals surface area contributed by atoms with E-state index in [1.165, 1.54) is 50.6 Å². The Kier molecular flexibility index (Phi) is 24.0. The van der Waals surface area contributed by atoms with Gasteiger partial charge in [-0.3, -0.25) is 28.8 Å². The van der Waals surface area contributed by atoms with Crippen LogP contribution in [0.5, 0.6) is 11.5 Å². The van der Waals surface area contributed by atoms with Crippen LogP contribution in [0, 0.1) is 33.7 Å². The number of para-hydroxylation sites is 3. The van der Waals surface area contributed by atoms with E-state index in [2.05, 4.69) is 32.7 Å². The first kappa shape index (κ1) is 78.5. The van der Waals surface area contributed by atoms with Gasteiger partial charge in [0.2, 0.25) is 0 Å². The average Bonchev–Trinajstić information content (AvgIpc) is 1.65. The summed E-state index contributed by atoms with van der Waals surface area (Å²) in [6, 6.07) is 50.9. The number of oxime groups is 1.